The number of benzene rings is 2. The van der Waals surface area contributed by atoms with Crippen LogP contribution in [-0.4, -0.2) is 12.6 Å². The number of ether oxygens (including phenoxy) is 1. The Morgan fingerprint density at radius 1 is 1.28 bits per heavy atom. The average Bonchev–Trinajstić information content (AvgIpc) is 2.77. The summed E-state index contributed by atoms with van der Waals surface area (Å²) in [7, 11) is 0. The van der Waals surface area contributed by atoms with Gasteiger partial charge in [-0.05, 0) is 49.6 Å². The van der Waals surface area contributed by atoms with Crippen molar-refractivity contribution in [2.24, 2.45) is 5.73 Å². The Morgan fingerprint density at radius 3 is 2.76 bits per heavy atom. The Morgan fingerprint density at radius 2 is 2.04 bits per heavy atom. The van der Waals surface area contributed by atoms with Crippen molar-refractivity contribution in [2.75, 3.05) is 11.9 Å². The maximum absolute atomic E-state index is 10.9. The zero-order valence-corrected chi connectivity index (χ0v) is 15.7. The normalized spacial score (nSPS) is 17.8. The second-order valence-electron chi connectivity index (χ2n) is 6.23. The summed E-state index contributed by atoms with van der Waals surface area (Å²) in [5.74, 6) is 0.942. The molecule has 0 bridgehead atoms. The van der Waals surface area contributed by atoms with Gasteiger partial charge in [0.25, 0.3) is 0 Å². The largest absolute Gasteiger partial charge is 0.493 e. The van der Waals surface area contributed by atoms with Gasteiger partial charge in [0, 0.05) is 27.8 Å². The smallest absolute Gasteiger partial charge is 0.316 e. The van der Waals surface area contributed by atoms with Crippen LogP contribution in [0.15, 0.2) is 46.9 Å². The number of hydrogen-bond acceptors (Lipinski definition) is 3. The van der Waals surface area contributed by atoms with Crippen LogP contribution < -0.4 is 21.1 Å². The number of halogens is 1. The Hall–Kier alpha value is -2.05. The summed E-state index contributed by atoms with van der Waals surface area (Å²) in [5.41, 5.74) is 8.18. The van der Waals surface area contributed by atoms with E-state index in [0.29, 0.717) is 5.69 Å². The van der Waals surface area contributed by atoms with E-state index in [1.807, 2.05) is 30.3 Å². The SMILES string of the molecule is CC(NC1CCCOc2cc(Br)ccc21)c1ccc(NC(N)=O)cc1. The van der Waals surface area contributed by atoms with E-state index in [0.717, 1.165) is 35.2 Å². The number of carbonyl (C=O) groups is 1. The number of nitrogens with two attached hydrogens (primary N) is 1. The van der Waals surface area contributed by atoms with Crippen LogP contribution in [0.1, 0.15) is 43.0 Å². The second-order valence-corrected chi connectivity index (χ2v) is 7.14. The highest BCUT2D eigenvalue weighted by atomic mass is 79.9. The number of carbonyl (C=O) groups excluding carboxylic acids is 1. The molecule has 0 fully saturated rings. The first-order valence-electron chi connectivity index (χ1n) is 8.37. The molecule has 0 saturated heterocycles. The summed E-state index contributed by atoms with van der Waals surface area (Å²) in [6, 6.07) is 13.8. The summed E-state index contributed by atoms with van der Waals surface area (Å²) in [6.45, 7) is 2.88. The van der Waals surface area contributed by atoms with Crippen LogP contribution in [0.2, 0.25) is 0 Å². The first-order valence-corrected chi connectivity index (χ1v) is 9.17. The number of urea groups is 1. The number of amides is 2. The van der Waals surface area contributed by atoms with Crippen molar-refractivity contribution >= 4 is 27.6 Å². The minimum absolute atomic E-state index is 0.169. The third-order valence-corrected chi connectivity index (χ3v) is 4.87. The third-order valence-electron chi connectivity index (χ3n) is 4.38. The quantitative estimate of drug-likeness (QED) is 0.702. The Kier molecular flexibility index (Phi) is 5.60. The summed E-state index contributed by atoms with van der Waals surface area (Å²) < 4.78 is 6.90. The van der Waals surface area contributed by atoms with Crippen LogP contribution in [0.25, 0.3) is 0 Å². The number of hydrogen-bond donors (Lipinski definition) is 3. The molecule has 0 radical (unpaired) electrons. The molecule has 1 aliphatic rings. The third kappa shape index (κ3) is 4.52. The van der Waals surface area contributed by atoms with Gasteiger partial charge in [-0.3, -0.25) is 0 Å². The predicted molar refractivity (Wildman–Crippen MR) is 103 cm³/mol. The van der Waals surface area contributed by atoms with E-state index < -0.39 is 6.03 Å². The Bertz CT molecular complexity index is 749. The number of anilines is 1. The van der Waals surface area contributed by atoms with E-state index in [1.165, 1.54) is 5.56 Å². The molecule has 0 aromatic heterocycles. The van der Waals surface area contributed by atoms with Crippen molar-refractivity contribution in [3.8, 4) is 5.75 Å². The molecule has 132 valence electrons. The first kappa shape index (κ1) is 17.8. The molecule has 1 aliphatic heterocycles. The van der Waals surface area contributed by atoms with Crippen LogP contribution >= 0.6 is 15.9 Å². The zero-order valence-electron chi connectivity index (χ0n) is 14.1. The first-order chi connectivity index (χ1) is 12.0. The minimum atomic E-state index is -0.555. The van der Waals surface area contributed by atoms with Crippen LogP contribution in [0.3, 0.4) is 0 Å². The van der Waals surface area contributed by atoms with E-state index in [4.69, 9.17) is 10.5 Å². The number of primary amides is 1. The average molecular weight is 404 g/mol. The summed E-state index contributed by atoms with van der Waals surface area (Å²) in [5, 5.41) is 6.28. The molecule has 6 heteroatoms. The number of nitrogens with one attached hydrogen (secondary N) is 2. The fourth-order valence-electron chi connectivity index (χ4n) is 3.11. The van der Waals surface area contributed by atoms with Crippen molar-refractivity contribution in [1.29, 1.82) is 0 Å². The van der Waals surface area contributed by atoms with E-state index in [1.54, 1.807) is 0 Å². The van der Waals surface area contributed by atoms with Crippen LogP contribution in [0.5, 0.6) is 5.75 Å². The van der Waals surface area contributed by atoms with Gasteiger partial charge in [-0.15, -0.1) is 0 Å². The molecule has 0 aliphatic carbocycles. The lowest BCUT2D eigenvalue weighted by Crippen LogP contribution is -2.24. The zero-order chi connectivity index (χ0) is 17.8. The lowest BCUT2D eigenvalue weighted by atomic mass is 9.99. The van der Waals surface area contributed by atoms with Crippen molar-refractivity contribution in [2.45, 2.75) is 31.8 Å². The molecule has 25 heavy (non-hydrogen) atoms. The molecule has 3 rings (SSSR count). The predicted octanol–water partition coefficient (Wildman–Crippen LogP) is 4.50. The van der Waals surface area contributed by atoms with Gasteiger partial charge < -0.3 is 21.1 Å². The molecule has 2 amide bonds. The highest BCUT2D eigenvalue weighted by Crippen LogP contribution is 2.35. The monoisotopic (exact) mass is 403 g/mol. The molecular formula is C19H22BrN3O2. The number of rotatable bonds is 4. The maximum Gasteiger partial charge on any atom is 0.316 e. The van der Waals surface area contributed by atoms with E-state index >= 15 is 0 Å². The second kappa shape index (κ2) is 7.89. The van der Waals surface area contributed by atoms with Crippen molar-refractivity contribution in [3.63, 3.8) is 0 Å². The molecule has 4 N–H and O–H groups in total. The van der Waals surface area contributed by atoms with Gasteiger partial charge in [-0.1, -0.05) is 34.1 Å². The Balaban J connectivity index is 1.74. The summed E-state index contributed by atoms with van der Waals surface area (Å²) >= 11 is 3.51. The van der Waals surface area contributed by atoms with E-state index in [2.05, 4.69) is 45.6 Å². The summed E-state index contributed by atoms with van der Waals surface area (Å²) in [6.07, 6.45) is 2.04. The number of fused-ring (bicyclic) bond motifs is 1. The Labute approximate surface area is 156 Å². The highest BCUT2D eigenvalue weighted by molar-refractivity contribution is 9.10. The van der Waals surface area contributed by atoms with Crippen molar-refractivity contribution in [3.05, 3.63) is 58.1 Å². The van der Waals surface area contributed by atoms with Gasteiger partial charge >= 0.3 is 6.03 Å². The molecule has 1 heterocycles. The molecular weight excluding hydrogens is 382 g/mol. The molecule has 2 aromatic carbocycles. The minimum Gasteiger partial charge on any atom is -0.493 e. The van der Waals surface area contributed by atoms with Gasteiger partial charge in [0.2, 0.25) is 0 Å². The van der Waals surface area contributed by atoms with Crippen LogP contribution in [-0.2, 0) is 0 Å². The van der Waals surface area contributed by atoms with Crippen molar-refractivity contribution in [1.82, 2.24) is 5.32 Å². The van der Waals surface area contributed by atoms with E-state index in [-0.39, 0.29) is 12.1 Å². The fourth-order valence-corrected chi connectivity index (χ4v) is 3.45. The highest BCUT2D eigenvalue weighted by Gasteiger charge is 2.22. The van der Waals surface area contributed by atoms with Gasteiger partial charge in [-0.2, -0.15) is 0 Å². The molecule has 2 atom stereocenters. The molecule has 5 nitrogen and oxygen atoms in total. The van der Waals surface area contributed by atoms with Crippen LogP contribution in [0.4, 0.5) is 10.5 Å². The van der Waals surface area contributed by atoms with Gasteiger partial charge in [0.05, 0.1) is 6.61 Å². The van der Waals surface area contributed by atoms with Crippen LogP contribution in [0, 0.1) is 0 Å². The molecule has 0 spiro atoms. The van der Waals surface area contributed by atoms with Gasteiger partial charge in [-0.25, -0.2) is 4.79 Å². The lowest BCUT2D eigenvalue weighted by molar-refractivity contribution is 0.259. The van der Waals surface area contributed by atoms with Crippen molar-refractivity contribution < 1.29 is 9.53 Å². The van der Waals surface area contributed by atoms with E-state index in [9.17, 15) is 4.79 Å². The lowest BCUT2D eigenvalue weighted by Gasteiger charge is -2.24. The molecule has 0 saturated carbocycles. The summed E-state index contributed by atoms with van der Waals surface area (Å²) in [4.78, 5) is 10.9. The van der Waals surface area contributed by atoms with Gasteiger partial charge in [0.15, 0.2) is 0 Å². The molecule has 2 aromatic rings. The van der Waals surface area contributed by atoms with Gasteiger partial charge in [0.1, 0.15) is 5.75 Å². The molecule has 2 unspecified atom stereocenters. The topological polar surface area (TPSA) is 76.4 Å². The standard InChI is InChI=1S/C19H22BrN3O2/c1-12(13-4-7-15(8-5-13)23-19(21)24)22-17-3-2-10-25-18-11-14(20)6-9-16(17)18/h4-9,11-12,17,22H,2-3,10H2,1H3,(H3,21,23,24). The maximum atomic E-state index is 10.9. The fraction of sp³-hybridized carbons (Fsp3) is 0.316.